The molecule has 0 saturated carbocycles. The van der Waals surface area contributed by atoms with Crippen molar-refractivity contribution >= 4 is 35.0 Å². The van der Waals surface area contributed by atoms with Crippen LogP contribution in [0.15, 0.2) is 5.38 Å². The molecule has 0 radical (unpaired) electrons. The van der Waals surface area contributed by atoms with Gasteiger partial charge in [-0.1, -0.05) is 0 Å². The van der Waals surface area contributed by atoms with Gasteiger partial charge in [0.2, 0.25) is 5.91 Å². The smallest absolute Gasteiger partial charge is 0.326 e. The van der Waals surface area contributed by atoms with Crippen LogP contribution in [0.1, 0.15) is 36.4 Å². The van der Waals surface area contributed by atoms with Crippen LogP contribution in [0.4, 0.5) is 0 Å². The molecule has 5 nitrogen and oxygen atoms in total. The number of aliphatic carboxylic acids is 1. The third-order valence-corrected chi connectivity index (χ3v) is 5.30. The van der Waals surface area contributed by atoms with Crippen LogP contribution in [0.25, 0.3) is 0 Å². The standard InChI is InChI=1S/C14H20N2O3S2/c1-10-15-11(9-21-10)8-20-7-5-13(17)16-6-3-2-4-12(16)14(18)19/h9,12H,2-8H2,1H3,(H,18,19)/t12-/m1/s1. The first-order chi connectivity index (χ1) is 10.1. The van der Waals surface area contributed by atoms with Gasteiger partial charge in [-0.25, -0.2) is 9.78 Å². The molecule has 1 amide bonds. The first kappa shape index (κ1) is 16.3. The van der Waals surface area contributed by atoms with Crippen molar-refractivity contribution in [3.8, 4) is 0 Å². The van der Waals surface area contributed by atoms with Gasteiger partial charge in [-0.15, -0.1) is 11.3 Å². The summed E-state index contributed by atoms with van der Waals surface area (Å²) in [7, 11) is 0. The third-order valence-electron chi connectivity index (χ3n) is 3.48. The number of aryl methyl sites for hydroxylation is 1. The highest BCUT2D eigenvalue weighted by Crippen LogP contribution is 2.20. The summed E-state index contributed by atoms with van der Waals surface area (Å²) < 4.78 is 0. The van der Waals surface area contributed by atoms with E-state index in [2.05, 4.69) is 4.98 Å². The predicted octanol–water partition coefficient (Wildman–Crippen LogP) is 2.54. The Hall–Kier alpha value is -1.08. The van der Waals surface area contributed by atoms with E-state index in [1.54, 1.807) is 28.0 Å². The molecule has 7 heteroatoms. The molecule has 1 saturated heterocycles. The minimum absolute atomic E-state index is 0.0379. The lowest BCUT2D eigenvalue weighted by Crippen LogP contribution is -2.48. The van der Waals surface area contributed by atoms with Crippen molar-refractivity contribution in [2.24, 2.45) is 0 Å². The van der Waals surface area contributed by atoms with Gasteiger partial charge in [0.05, 0.1) is 10.7 Å². The minimum atomic E-state index is -0.881. The molecule has 1 atom stereocenters. The van der Waals surface area contributed by atoms with E-state index in [0.717, 1.165) is 29.3 Å². The average molecular weight is 328 g/mol. The zero-order valence-electron chi connectivity index (χ0n) is 12.1. The molecule has 1 aromatic rings. The number of carboxylic acids is 1. The summed E-state index contributed by atoms with van der Waals surface area (Å²) in [5, 5.41) is 12.3. The van der Waals surface area contributed by atoms with E-state index in [4.69, 9.17) is 0 Å². The molecular weight excluding hydrogens is 308 g/mol. The van der Waals surface area contributed by atoms with Crippen LogP contribution < -0.4 is 0 Å². The lowest BCUT2D eigenvalue weighted by molar-refractivity contribution is -0.151. The Morgan fingerprint density at radius 1 is 1.52 bits per heavy atom. The number of piperidine rings is 1. The van der Waals surface area contributed by atoms with Crippen molar-refractivity contribution in [1.29, 1.82) is 0 Å². The largest absolute Gasteiger partial charge is 0.480 e. The lowest BCUT2D eigenvalue weighted by atomic mass is 10.0. The molecular formula is C14H20N2O3S2. The Labute approximate surface area is 132 Å². The zero-order chi connectivity index (χ0) is 15.2. The van der Waals surface area contributed by atoms with E-state index in [9.17, 15) is 14.7 Å². The van der Waals surface area contributed by atoms with E-state index < -0.39 is 12.0 Å². The van der Waals surface area contributed by atoms with Gasteiger partial charge in [-0.2, -0.15) is 11.8 Å². The summed E-state index contributed by atoms with van der Waals surface area (Å²) in [4.78, 5) is 29.3. The zero-order valence-corrected chi connectivity index (χ0v) is 13.7. The number of hydrogen-bond acceptors (Lipinski definition) is 5. The maximum absolute atomic E-state index is 12.2. The van der Waals surface area contributed by atoms with E-state index in [0.29, 0.717) is 25.1 Å². The molecule has 116 valence electrons. The summed E-state index contributed by atoms with van der Waals surface area (Å²) in [6.45, 7) is 2.55. The molecule has 0 bridgehead atoms. The van der Waals surface area contributed by atoms with Gasteiger partial charge in [-0.3, -0.25) is 4.79 Å². The summed E-state index contributed by atoms with van der Waals surface area (Å²) in [5.41, 5.74) is 1.05. The van der Waals surface area contributed by atoms with E-state index >= 15 is 0 Å². The SMILES string of the molecule is Cc1nc(CSCCC(=O)N2CCCC[C@@H]2C(=O)O)cs1. The number of aromatic nitrogens is 1. The summed E-state index contributed by atoms with van der Waals surface area (Å²) in [5.74, 6) is 0.593. The fourth-order valence-electron chi connectivity index (χ4n) is 2.44. The Kier molecular flexibility index (Phi) is 6.05. The van der Waals surface area contributed by atoms with E-state index in [1.807, 2.05) is 12.3 Å². The molecule has 0 aromatic carbocycles. The molecule has 0 aliphatic carbocycles. The molecule has 1 aliphatic heterocycles. The minimum Gasteiger partial charge on any atom is -0.480 e. The van der Waals surface area contributed by atoms with Gasteiger partial charge in [0.15, 0.2) is 0 Å². The van der Waals surface area contributed by atoms with Crippen LogP contribution in [0.5, 0.6) is 0 Å². The van der Waals surface area contributed by atoms with Crippen LogP contribution in [0, 0.1) is 6.92 Å². The number of amides is 1. The van der Waals surface area contributed by atoms with Gasteiger partial charge in [0.1, 0.15) is 6.04 Å². The molecule has 0 spiro atoms. The van der Waals surface area contributed by atoms with Gasteiger partial charge in [0, 0.05) is 29.9 Å². The second-order valence-electron chi connectivity index (χ2n) is 5.10. The van der Waals surface area contributed by atoms with Crippen LogP contribution >= 0.6 is 23.1 Å². The molecule has 2 heterocycles. The van der Waals surface area contributed by atoms with Gasteiger partial charge < -0.3 is 10.0 Å². The van der Waals surface area contributed by atoms with E-state index in [-0.39, 0.29) is 5.91 Å². The van der Waals surface area contributed by atoms with Crippen molar-refractivity contribution in [1.82, 2.24) is 9.88 Å². The van der Waals surface area contributed by atoms with Crippen LogP contribution in [-0.2, 0) is 15.3 Å². The number of carbonyl (C=O) groups is 2. The topological polar surface area (TPSA) is 70.5 Å². The molecule has 1 N–H and O–H groups in total. The molecule has 1 aromatic heterocycles. The van der Waals surface area contributed by atoms with E-state index in [1.165, 1.54) is 0 Å². The number of likely N-dealkylation sites (tertiary alicyclic amines) is 1. The number of hydrogen-bond donors (Lipinski definition) is 1. The van der Waals surface area contributed by atoms with Crippen molar-refractivity contribution in [2.45, 2.75) is 44.4 Å². The quantitative estimate of drug-likeness (QED) is 0.813. The Bertz CT molecular complexity index is 504. The van der Waals surface area contributed by atoms with Crippen LogP contribution in [0.3, 0.4) is 0 Å². The Morgan fingerprint density at radius 2 is 2.33 bits per heavy atom. The van der Waals surface area contributed by atoms with Crippen LogP contribution in [0.2, 0.25) is 0 Å². The second-order valence-corrected chi connectivity index (χ2v) is 7.26. The monoisotopic (exact) mass is 328 g/mol. The summed E-state index contributed by atoms with van der Waals surface area (Å²) >= 11 is 3.30. The van der Waals surface area contributed by atoms with Crippen molar-refractivity contribution in [3.63, 3.8) is 0 Å². The third kappa shape index (κ3) is 4.71. The summed E-state index contributed by atoms with van der Waals surface area (Å²) in [6.07, 6.45) is 2.77. The van der Waals surface area contributed by atoms with Gasteiger partial charge in [0.25, 0.3) is 0 Å². The highest BCUT2D eigenvalue weighted by atomic mass is 32.2. The fourth-order valence-corrected chi connectivity index (χ4v) is 3.98. The lowest BCUT2D eigenvalue weighted by Gasteiger charge is -2.33. The van der Waals surface area contributed by atoms with Crippen LogP contribution in [-0.4, -0.2) is 45.2 Å². The first-order valence-corrected chi connectivity index (χ1v) is 9.12. The number of nitrogens with zero attached hydrogens (tertiary/aromatic N) is 2. The maximum atomic E-state index is 12.2. The summed E-state index contributed by atoms with van der Waals surface area (Å²) in [6, 6.07) is -0.627. The predicted molar refractivity (Wildman–Crippen MR) is 84.6 cm³/mol. The molecule has 0 unspecified atom stereocenters. The van der Waals surface area contributed by atoms with Crippen molar-refractivity contribution < 1.29 is 14.7 Å². The highest BCUT2D eigenvalue weighted by Gasteiger charge is 2.31. The molecule has 21 heavy (non-hydrogen) atoms. The number of thioether (sulfide) groups is 1. The molecule has 2 rings (SSSR count). The van der Waals surface area contributed by atoms with Gasteiger partial charge >= 0.3 is 5.97 Å². The molecule has 1 fully saturated rings. The van der Waals surface area contributed by atoms with Crippen molar-refractivity contribution in [2.75, 3.05) is 12.3 Å². The Balaban J connectivity index is 1.74. The fraction of sp³-hybridized carbons (Fsp3) is 0.643. The normalized spacial score (nSPS) is 18.7. The molecule has 1 aliphatic rings. The van der Waals surface area contributed by atoms with Gasteiger partial charge in [-0.05, 0) is 26.2 Å². The number of rotatable bonds is 6. The maximum Gasteiger partial charge on any atom is 0.326 e. The highest BCUT2D eigenvalue weighted by molar-refractivity contribution is 7.98. The number of carbonyl (C=O) groups excluding carboxylic acids is 1. The first-order valence-electron chi connectivity index (χ1n) is 7.09. The Morgan fingerprint density at radius 3 is 3.00 bits per heavy atom. The average Bonchev–Trinajstić information content (AvgIpc) is 2.89. The second kappa shape index (κ2) is 7.79. The number of carboxylic acid groups (broad SMARTS) is 1. The van der Waals surface area contributed by atoms with Crippen molar-refractivity contribution in [3.05, 3.63) is 16.1 Å². The number of thiazole rings is 1.